The van der Waals surface area contributed by atoms with Crippen molar-refractivity contribution in [3.8, 4) is 10.9 Å². The van der Waals surface area contributed by atoms with E-state index in [1.165, 1.54) is 17.9 Å². The van der Waals surface area contributed by atoms with Gasteiger partial charge in [0.15, 0.2) is 5.75 Å². The first-order chi connectivity index (χ1) is 6.75. The molecule has 14 heavy (non-hydrogen) atoms. The smallest absolute Gasteiger partial charge is 0.298 e. The second kappa shape index (κ2) is 3.63. The van der Waals surface area contributed by atoms with Crippen LogP contribution in [0.4, 0.5) is 5.69 Å². The Kier molecular flexibility index (Phi) is 2.32. The molecule has 2 rings (SSSR count). The van der Waals surface area contributed by atoms with Crippen molar-refractivity contribution in [1.82, 2.24) is 9.36 Å². The summed E-state index contributed by atoms with van der Waals surface area (Å²) in [5, 5.41) is 0.502. The Balaban J connectivity index is 2.28. The van der Waals surface area contributed by atoms with Gasteiger partial charge in [0.2, 0.25) is 0 Å². The number of anilines is 1. The number of nitrogen functional groups attached to an aromatic ring is 1. The molecule has 2 aromatic rings. The van der Waals surface area contributed by atoms with Crippen molar-refractivity contribution in [3.63, 3.8) is 0 Å². The summed E-state index contributed by atoms with van der Waals surface area (Å²) >= 11 is 1.19. The fourth-order valence-corrected chi connectivity index (χ4v) is 1.44. The molecule has 0 amide bonds. The molecule has 0 saturated heterocycles. The molecule has 1 heterocycles. The Bertz CT molecular complexity index is 428. The van der Waals surface area contributed by atoms with Gasteiger partial charge in [0.05, 0.1) is 5.69 Å². The summed E-state index contributed by atoms with van der Waals surface area (Å²) in [5.74, 6) is 0.627. The van der Waals surface area contributed by atoms with Crippen molar-refractivity contribution in [3.05, 3.63) is 30.1 Å². The topological polar surface area (TPSA) is 61.0 Å². The zero-order valence-corrected chi connectivity index (χ0v) is 8.41. The molecule has 0 atom stereocenters. The number of hydrogen-bond acceptors (Lipinski definition) is 5. The summed E-state index contributed by atoms with van der Waals surface area (Å²) in [5.41, 5.74) is 7.44. The monoisotopic (exact) mass is 207 g/mol. The van der Waals surface area contributed by atoms with Crippen molar-refractivity contribution in [2.45, 2.75) is 6.92 Å². The molecule has 5 heteroatoms. The van der Waals surface area contributed by atoms with Gasteiger partial charge >= 0.3 is 0 Å². The molecule has 4 nitrogen and oxygen atoms in total. The minimum absolute atomic E-state index is 0.502. The van der Waals surface area contributed by atoms with Crippen molar-refractivity contribution >= 4 is 17.2 Å². The van der Waals surface area contributed by atoms with Gasteiger partial charge in [0.1, 0.15) is 6.33 Å². The second-order valence-corrected chi connectivity index (χ2v) is 3.59. The lowest BCUT2D eigenvalue weighted by atomic mass is 10.2. The predicted octanol–water partition coefficient (Wildman–Crippen LogP) is 2.22. The Labute approximate surface area is 85.5 Å². The van der Waals surface area contributed by atoms with Gasteiger partial charge in [-0.1, -0.05) is 6.07 Å². The number of nitrogens with zero attached hydrogens (tertiary/aromatic N) is 2. The summed E-state index contributed by atoms with van der Waals surface area (Å²) in [7, 11) is 0. The largest absolute Gasteiger partial charge is 0.428 e. The van der Waals surface area contributed by atoms with Crippen LogP contribution in [0.15, 0.2) is 24.5 Å². The number of hydrogen-bond donors (Lipinski definition) is 1. The fourth-order valence-electron chi connectivity index (χ4n) is 1.03. The van der Waals surface area contributed by atoms with Crippen molar-refractivity contribution in [2.75, 3.05) is 5.73 Å². The van der Waals surface area contributed by atoms with E-state index < -0.39 is 0 Å². The standard InChI is InChI=1S/C9H9N3OS/c1-6-2-3-7(10)8(4-6)13-9-11-5-12-14-9/h2-5H,10H2,1H3. The third kappa shape index (κ3) is 1.82. The SMILES string of the molecule is Cc1ccc(N)c(Oc2ncns2)c1. The van der Waals surface area contributed by atoms with E-state index >= 15 is 0 Å². The number of nitrogens with two attached hydrogens (primary N) is 1. The van der Waals surface area contributed by atoms with Gasteiger partial charge in [0.25, 0.3) is 5.19 Å². The summed E-state index contributed by atoms with van der Waals surface area (Å²) in [6, 6.07) is 5.62. The first-order valence-electron chi connectivity index (χ1n) is 4.06. The van der Waals surface area contributed by atoms with Crippen LogP contribution < -0.4 is 10.5 Å². The first kappa shape index (κ1) is 8.96. The van der Waals surface area contributed by atoms with E-state index in [-0.39, 0.29) is 0 Å². The van der Waals surface area contributed by atoms with Crippen LogP contribution in [-0.2, 0) is 0 Å². The lowest BCUT2D eigenvalue weighted by molar-refractivity contribution is 0.481. The summed E-state index contributed by atoms with van der Waals surface area (Å²) in [4.78, 5) is 3.91. The van der Waals surface area contributed by atoms with Crippen LogP contribution in [-0.4, -0.2) is 9.36 Å². The fraction of sp³-hybridized carbons (Fsp3) is 0.111. The Morgan fingerprint density at radius 1 is 1.43 bits per heavy atom. The molecule has 0 saturated carbocycles. The van der Waals surface area contributed by atoms with Crippen LogP contribution in [0.5, 0.6) is 10.9 Å². The highest BCUT2D eigenvalue weighted by atomic mass is 32.1. The van der Waals surface area contributed by atoms with Gasteiger partial charge in [-0.15, -0.1) is 0 Å². The summed E-state index contributed by atoms with van der Waals surface area (Å²) in [6.07, 6.45) is 1.45. The molecule has 0 spiro atoms. The molecule has 1 aromatic heterocycles. The van der Waals surface area contributed by atoms with E-state index in [1.807, 2.05) is 25.1 Å². The predicted molar refractivity (Wildman–Crippen MR) is 55.6 cm³/mol. The van der Waals surface area contributed by atoms with Crippen LogP contribution in [0.2, 0.25) is 0 Å². The maximum atomic E-state index is 5.74. The van der Waals surface area contributed by atoms with Crippen molar-refractivity contribution < 1.29 is 4.74 Å². The Hall–Kier alpha value is -1.62. The maximum absolute atomic E-state index is 5.74. The van der Waals surface area contributed by atoms with Crippen LogP contribution in [0.3, 0.4) is 0 Å². The molecule has 0 aliphatic carbocycles. The minimum Gasteiger partial charge on any atom is -0.428 e. The van der Waals surface area contributed by atoms with Gasteiger partial charge in [-0.3, -0.25) is 0 Å². The van der Waals surface area contributed by atoms with Gasteiger partial charge in [-0.05, 0) is 24.6 Å². The van der Waals surface area contributed by atoms with E-state index in [2.05, 4.69) is 9.36 Å². The average molecular weight is 207 g/mol. The number of rotatable bonds is 2. The van der Waals surface area contributed by atoms with E-state index in [4.69, 9.17) is 10.5 Å². The number of aromatic nitrogens is 2. The normalized spacial score (nSPS) is 10.1. The lowest BCUT2D eigenvalue weighted by Crippen LogP contribution is -1.91. The third-order valence-electron chi connectivity index (χ3n) is 1.71. The zero-order chi connectivity index (χ0) is 9.97. The highest BCUT2D eigenvalue weighted by Gasteiger charge is 2.04. The zero-order valence-electron chi connectivity index (χ0n) is 7.60. The Morgan fingerprint density at radius 2 is 2.29 bits per heavy atom. The highest BCUT2D eigenvalue weighted by Crippen LogP contribution is 2.28. The highest BCUT2D eigenvalue weighted by molar-refractivity contribution is 7.07. The van der Waals surface area contributed by atoms with E-state index in [1.54, 1.807) is 0 Å². The quantitative estimate of drug-likeness (QED) is 0.767. The van der Waals surface area contributed by atoms with Crippen molar-refractivity contribution in [2.24, 2.45) is 0 Å². The molecular formula is C9H9N3OS. The molecule has 2 N–H and O–H groups in total. The third-order valence-corrected chi connectivity index (χ3v) is 2.25. The van der Waals surface area contributed by atoms with E-state index in [0.717, 1.165) is 5.56 Å². The number of aryl methyl sites for hydroxylation is 1. The van der Waals surface area contributed by atoms with Crippen LogP contribution in [0.25, 0.3) is 0 Å². The molecule has 0 bridgehead atoms. The summed E-state index contributed by atoms with van der Waals surface area (Å²) < 4.78 is 9.29. The van der Waals surface area contributed by atoms with E-state index in [9.17, 15) is 0 Å². The average Bonchev–Trinajstić information content (AvgIpc) is 2.64. The molecule has 0 unspecified atom stereocenters. The van der Waals surface area contributed by atoms with Crippen LogP contribution in [0, 0.1) is 6.92 Å². The van der Waals surface area contributed by atoms with Gasteiger partial charge in [-0.25, -0.2) is 0 Å². The van der Waals surface area contributed by atoms with Gasteiger partial charge in [-0.2, -0.15) is 9.36 Å². The molecule has 1 aromatic carbocycles. The van der Waals surface area contributed by atoms with Gasteiger partial charge < -0.3 is 10.5 Å². The molecule has 0 fully saturated rings. The minimum atomic E-state index is 0.502. The van der Waals surface area contributed by atoms with Gasteiger partial charge in [0, 0.05) is 11.5 Å². The Morgan fingerprint density at radius 3 is 3.00 bits per heavy atom. The van der Waals surface area contributed by atoms with Crippen LogP contribution >= 0.6 is 11.5 Å². The molecule has 0 aliphatic heterocycles. The lowest BCUT2D eigenvalue weighted by Gasteiger charge is -2.05. The molecule has 72 valence electrons. The van der Waals surface area contributed by atoms with Crippen LogP contribution in [0.1, 0.15) is 5.56 Å². The number of benzene rings is 1. The summed E-state index contributed by atoms with van der Waals surface area (Å²) in [6.45, 7) is 1.98. The second-order valence-electron chi connectivity index (χ2n) is 2.85. The first-order valence-corrected chi connectivity index (χ1v) is 4.84. The molecule has 0 aliphatic rings. The molecular weight excluding hydrogens is 198 g/mol. The van der Waals surface area contributed by atoms with Crippen molar-refractivity contribution in [1.29, 1.82) is 0 Å². The number of ether oxygens (including phenoxy) is 1. The maximum Gasteiger partial charge on any atom is 0.298 e. The van der Waals surface area contributed by atoms with E-state index in [0.29, 0.717) is 16.6 Å². The molecule has 0 radical (unpaired) electrons.